The molecule has 4 aliphatic rings. The Morgan fingerprint density at radius 1 is 0.623 bits per heavy atom. The van der Waals surface area contributed by atoms with E-state index < -0.39 is 53.6 Å². The van der Waals surface area contributed by atoms with Gasteiger partial charge >= 0.3 is 5.97 Å². The highest BCUT2D eigenvalue weighted by Gasteiger charge is 2.84. The molecule has 12 nitrogen and oxygen atoms in total. The molecule has 4 heterocycles. The second kappa shape index (κ2) is 13.4. The molecule has 4 aromatic rings. The Morgan fingerprint density at radius 3 is 1.74 bits per heavy atom. The molecule has 4 aliphatic heterocycles. The van der Waals surface area contributed by atoms with Gasteiger partial charge in [-0.3, -0.25) is 0 Å². The number of carbonyl (C=O) groups is 1. The number of ether oxygens (including phenoxy) is 11. The first kappa shape index (κ1) is 35.0. The lowest BCUT2D eigenvalue weighted by molar-refractivity contribution is -0.264. The second-order valence-corrected chi connectivity index (χ2v) is 13.4. The first-order valence-electron chi connectivity index (χ1n) is 17.3. The Balaban J connectivity index is 1.41. The maximum atomic E-state index is 14.6. The van der Waals surface area contributed by atoms with Crippen LogP contribution in [0.25, 0.3) is 0 Å². The molecule has 0 N–H and O–H groups in total. The van der Waals surface area contributed by atoms with E-state index in [1.54, 1.807) is 42.7 Å². The minimum Gasteiger partial charge on any atom is -0.497 e. The Hall–Kier alpha value is -5.01. The van der Waals surface area contributed by atoms with Gasteiger partial charge in [-0.15, -0.1) is 0 Å². The van der Waals surface area contributed by atoms with Crippen LogP contribution in [0, 0.1) is 0 Å². The van der Waals surface area contributed by atoms with Crippen LogP contribution in [-0.4, -0.2) is 85.9 Å². The van der Waals surface area contributed by atoms with Gasteiger partial charge in [0.1, 0.15) is 46.7 Å². The fourth-order valence-electron chi connectivity index (χ4n) is 8.61. The quantitative estimate of drug-likeness (QED) is 0.171. The van der Waals surface area contributed by atoms with E-state index in [4.69, 9.17) is 52.1 Å². The average molecular weight is 727 g/mol. The zero-order valence-corrected chi connectivity index (χ0v) is 30.6. The third-order valence-electron chi connectivity index (χ3n) is 11.1. The molecule has 0 bridgehead atoms. The summed E-state index contributed by atoms with van der Waals surface area (Å²) in [4.78, 5) is 14.6. The van der Waals surface area contributed by atoms with Crippen molar-refractivity contribution in [3.8, 4) is 34.5 Å². The van der Waals surface area contributed by atoms with Gasteiger partial charge in [0.2, 0.25) is 5.60 Å². The predicted octanol–water partition coefficient (Wildman–Crippen LogP) is 5.90. The normalized spacial score (nSPS) is 29.5. The molecule has 12 heteroatoms. The molecule has 1 spiro atoms. The molecule has 0 radical (unpaired) electrons. The molecule has 0 saturated carbocycles. The topological polar surface area (TPSA) is 119 Å². The molecule has 3 saturated heterocycles. The van der Waals surface area contributed by atoms with Crippen LogP contribution in [0.15, 0.2) is 78.9 Å². The van der Waals surface area contributed by atoms with Crippen molar-refractivity contribution in [3.63, 3.8) is 0 Å². The summed E-state index contributed by atoms with van der Waals surface area (Å²) in [5.41, 5.74) is 2.26. The number of hydrogen-bond acceptors (Lipinski definition) is 12. The summed E-state index contributed by atoms with van der Waals surface area (Å²) < 4.78 is 67.2. The minimum atomic E-state index is -1.77. The maximum absolute atomic E-state index is 14.6. The van der Waals surface area contributed by atoms with E-state index in [0.717, 1.165) is 22.3 Å². The average Bonchev–Trinajstić information content (AvgIpc) is 3.91. The van der Waals surface area contributed by atoms with Crippen molar-refractivity contribution in [3.05, 3.63) is 107 Å². The molecular formula is C41H42O12. The van der Waals surface area contributed by atoms with Gasteiger partial charge in [0.25, 0.3) is 5.79 Å². The van der Waals surface area contributed by atoms with Crippen LogP contribution in [0.3, 0.4) is 0 Å². The molecule has 0 aliphatic carbocycles. The molecule has 0 amide bonds. The zero-order valence-electron chi connectivity index (χ0n) is 30.6. The minimum absolute atomic E-state index is 0.132. The van der Waals surface area contributed by atoms with Crippen LogP contribution in [0.4, 0.5) is 0 Å². The van der Waals surface area contributed by atoms with Crippen LogP contribution in [-0.2, 0) is 28.5 Å². The van der Waals surface area contributed by atoms with E-state index >= 15 is 0 Å². The highest BCUT2D eigenvalue weighted by atomic mass is 16.8. The molecule has 0 unspecified atom stereocenters. The van der Waals surface area contributed by atoms with Gasteiger partial charge in [0, 0.05) is 31.9 Å². The summed E-state index contributed by atoms with van der Waals surface area (Å²) in [5, 5.41) is 0. The van der Waals surface area contributed by atoms with E-state index in [0.29, 0.717) is 40.1 Å². The largest absolute Gasteiger partial charge is 0.497 e. The van der Waals surface area contributed by atoms with Gasteiger partial charge in [-0.1, -0.05) is 24.3 Å². The van der Waals surface area contributed by atoms with Crippen LogP contribution in [0.2, 0.25) is 0 Å². The summed E-state index contributed by atoms with van der Waals surface area (Å²) in [6.45, 7) is 0.132. The maximum Gasteiger partial charge on any atom is 0.345 e. The van der Waals surface area contributed by atoms with Crippen molar-refractivity contribution in [2.45, 2.75) is 47.6 Å². The Morgan fingerprint density at radius 2 is 1.19 bits per heavy atom. The summed E-state index contributed by atoms with van der Waals surface area (Å²) >= 11 is 0. The standard InChI is InChI=1S/C41H42O12/c1-43-25-12-8-22(9-13-25)36-33(24-16-27(45-3)18-28(17-24)46-4)34-30(19-29(47-5)20-31(34)51-36)35-37(23-10-14-26(44-2)15-11-23)53-41-38(32(48-6)21-50-41)52-39(42)40(35,41)49-7/h8-20,32-33,35-38H,21H2,1-7H3/t32-,33+,35-,36-,37-,38+,40+,41+/m0/s1. The van der Waals surface area contributed by atoms with Gasteiger partial charge in [-0.2, -0.15) is 0 Å². The van der Waals surface area contributed by atoms with Crippen LogP contribution in [0.1, 0.15) is 51.9 Å². The number of esters is 1. The second-order valence-electron chi connectivity index (χ2n) is 13.4. The molecule has 4 aromatic carbocycles. The lowest BCUT2D eigenvalue weighted by atomic mass is 9.70. The third kappa shape index (κ3) is 5.14. The molecule has 8 rings (SSSR count). The van der Waals surface area contributed by atoms with Gasteiger partial charge in [-0.25, -0.2) is 4.79 Å². The number of benzene rings is 4. The number of hydrogen-bond donors (Lipinski definition) is 0. The Bertz CT molecular complexity index is 1980. The number of carbonyl (C=O) groups excluding carboxylic acids is 1. The van der Waals surface area contributed by atoms with E-state index in [-0.39, 0.29) is 6.61 Å². The van der Waals surface area contributed by atoms with Crippen molar-refractivity contribution >= 4 is 5.97 Å². The zero-order chi connectivity index (χ0) is 37.1. The fourth-order valence-corrected chi connectivity index (χ4v) is 8.61. The monoisotopic (exact) mass is 726 g/mol. The van der Waals surface area contributed by atoms with Gasteiger partial charge < -0.3 is 52.1 Å². The first-order valence-corrected chi connectivity index (χ1v) is 17.3. The fraction of sp³-hybridized carbons (Fsp3) is 0.390. The number of rotatable bonds is 11. The lowest BCUT2D eigenvalue weighted by Gasteiger charge is -2.35. The smallest absolute Gasteiger partial charge is 0.345 e. The van der Waals surface area contributed by atoms with Gasteiger partial charge in [-0.05, 0) is 64.7 Å². The third-order valence-corrected chi connectivity index (χ3v) is 11.1. The molecule has 278 valence electrons. The molecule has 8 atom stereocenters. The molecule has 53 heavy (non-hydrogen) atoms. The molecular weight excluding hydrogens is 684 g/mol. The Kier molecular flexibility index (Phi) is 8.89. The number of methoxy groups -OCH3 is 7. The highest BCUT2D eigenvalue weighted by molar-refractivity contribution is 5.87. The van der Waals surface area contributed by atoms with Gasteiger partial charge in [0.15, 0.2) is 6.10 Å². The van der Waals surface area contributed by atoms with E-state index in [9.17, 15) is 4.79 Å². The first-order chi connectivity index (χ1) is 25.8. The summed E-state index contributed by atoms with van der Waals surface area (Å²) in [6, 6.07) is 24.9. The van der Waals surface area contributed by atoms with Crippen LogP contribution >= 0.6 is 0 Å². The van der Waals surface area contributed by atoms with Crippen molar-refractivity contribution < 1.29 is 56.9 Å². The van der Waals surface area contributed by atoms with E-state index in [1.165, 1.54) is 7.11 Å². The lowest BCUT2D eigenvalue weighted by Crippen LogP contribution is -2.58. The highest BCUT2D eigenvalue weighted by Crippen LogP contribution is 2.67. The Labute approximate surface area is 307 Å². The van der Waals surface area contributed by atoms with E-state index in [2.05, 4.69) is 0 Å². The van der Waals surface area contributed by atoms with E-state index in [1.807, 2.05) is 78.9 Å². The summed E-state index contributed by atoms with van der Waals surface area (Å²) in [7, 11) is 11.1. The van der Waals surface area contributed by atoms with Crippen LogP contribution < -0.4 is 28.4 Å². The number of fused-ring (bicyclic) bond motifs is 1. The van der Waals surface area contributed by atoms with Crippen molar-refractivity contribution in [1.29, 1.82) is 0 Å². The van der Waals surface area contributed by atoms with Crippen LogP contribution in [0.5, 0.6) is 34.5 Å². The summed E-state index contributed by atoms with van der Waals surface area (Å²) in [6.07, 6.45) is -2.78. The summed E-state index contributed by atoms with van der Waals surface area (Å²) in [5.74, 6) is 0.127. The van der Waals surface area contributed by atoms with Crippen molar-refractivity contribution in [1.82, 2.24) is 0 Å². The molecule has 0 aromatic heterocycles. The van der Waals surface area contributed by atoms with Gasteiger partial charge in [0.05, 0.1) is 60.1 Å². The predicted molar refractivity (Wildman–Crippen MR) is 189 cm³/mol. The molecule has 3 fully saturated rings. The van der Waals surface area contributed by atoms with Crippen molar-refractivity contribution in [2.24, 2.45) is 0 Å². The van der Waals surface area contributed by atoms with Crippen molar-refractivity contribution in [2.75, 3.05) is 56.4 Å². The SMILES string of the molecule is COc1ccc([C@@H]2Oc3cc(OC)cc([C@H]4[C@H](c5ccc(OC)cc5)O[C@]56OC[C@H](OC)[C@H]5OC(=O)[C@]46OC)c3[C@H]2c2cc(OC)cc(OC)c2)cc1.